The molecule has 0 bridgehead atoms. The van der Waals surface area contributed by atoms with Crippen molar-refractivity contribution in [3.05, 3.63) is 96.2 Å². The van der Waals surface area contributed by atoms with Gasteiger partial charge in [0.15, 0.2) is 0 Å². The largest absolute Gasteiger partial charge is 0.403 e. The van der Waals surface area contributed by atoms with Crippen molar-refractivity contribution in [3.8, 4) is 0 Å². The minimum absolute atomic E-state index is 0.0555. The van der Waals surface area contributed by atoms with Crippen LogP contribution in [0.2, 0.25) is 5.04 Å². The van der Waals surface area contributed by atoms with E-state index in [1.165, 1.54) is 32.4 Å². The average molecular weight is 458 g/mol. The fraction of sp³-hybridized carbons (Fsp3) is 0.310. The van der Waals surface area contributed by atoms with Gasteiger partial charge in [-0.15, -0.1) is 0 Å². The van der Waals surface area contributed by atoms with Crippen LogP contribution >= 0.6 is 0 Å². The van der Waals surface area contributed by atoms with E-state index in [1.54, 1.807) is 0 Å². The van der Waals surface area contributed by atoms with Crippen LogP contribution in [0.3, 0.4) is 0 Å². The van der Waals surface area contributed by atoms with E-state index in [0.717, 1.165) is 12.8 Å². The number of rotatable bonds is 8. The standard InChI is InChI=1S/C29H35NO2Si/c1-29(2,3)33(25-15-7-5-8-16-25,26-17-9-6-10-18-26)32-22-24-13-11-19-27-28(24)23(14-12-20-31)21-30(27)4/h5-11,13,15-19,21,31H,12,14,20,22H2,1-4H3. The van der Waals surface area contributed by atoms with Gasteiger partial charge in [-0.1, -0.05) is 93.6 Å². The lowest BCUT2D eigenvalue weighted by Gasteiger charge is -2.43. The minimum Gasteiger partial charge on any atom is -0.403 e. The van der Waals surface area contributed by atoms with E-state index in [1.807, 2.05) is 0 Å². The molecule has 172 valence electrons. The van der Waals surface area contributed by atoms with Crippen molar-refractivity contribution in [2.45, 2.75) is 45.3 Å². The second kappa shape index (κ2) is 9.68. The summed E-state index contributed by atoms with van der Waals surface area (Å²) in [5.41, 5.74) is 3.71. The zero-order valence-electron chi connectivity index (χ0n) is 20.2. The number of benzene rings is 3. The van der Waals surface area contributed by atoms with Crippen LogP contribution in [0.15, 0.2) is 85.1 Å². The molecule has 33 heavy (non-hydrogen) atoms. The lowest BCUT2D eigenvalue weighted by molar-refractivity contribution is 0.287. The highest BCUT2D eigenvalue weighted by molar-refractivity contribution is 6.99. The van der Waals surface area contributed by atoms with Gasteiger partial charge in [0.25, 0.3) is 8.32 Å². The van der Waals surface area contributed by atoms with Gasteiger partial charge >= 0.3 is 0 Å². The van der Waals surface area contributed by atoms with Crippen LogP contribution < -0.4 is 10.4 Å². The minimum atomic E-state index is -2.60. The van der Waals surface area contributed by atoms with Gasteiger partial charge < -0.3 is 14.1 Å². The molecule has 0 aliphatic carbocycles. The summed E-state index contributed by atoms with van der Waals surface area (Å²) in [5, 5.41) is 13.2. The molecule has 0 fully saturated rings. The molecule has 1 aromatic heterocycles. The maximum absolute atomic E-state index is 9.40. The molecule has 0 saturated heterocycles. The lowest BCUT2D eigenvalue weighted by atomic mass is 10.0. The molecule has 4 rings (SSSR count). The van der Waals surface area contributed by atoms with Crippen LogP contribution in [0.25, 0.3) is 10.9 Å². The van der Waals surface area contributed by atoms with Crippen molar-refractivity contribution in [3.63, 3.8) is 0 Å². The first-order chi connectivity index (χ1) is 15.9. The van der Waals surface area contributed by atoms with Crippen LogP contribution in [0, 0.1) is 0 Å². The number of hydrogen-bond acceptors (Lipinski definition) is 2. The van der Waals surface area contributed by atoms with Crippen molar-refractivity contribution >= 4 is 29.6 Å². The second-order valence-corrected chi connectivity index (χ2v) is 14.2. The molecule has 0 amide bonds. The molecule has 1 N–H and O–H groups in total. The third-order valence-electron chi connectivity index (χ3n) is 6.64. The number of aryl methyl sites for hydroxylation is 2. The molecule has 4 aromatic rings. The molecule has 3 aromatic carbocycles. The molecule has 0 saturated carbocycles. The third-order valence-corrected chi connectivity index (χ3v) is 11.6. The van der Waals surface area contributed by atoms with Crippen LogP contribution in [0.5, 0.6) is 0 Å². The van der Waals surface area contributed by atoms with Crippen molar-refractivity contribution in [1.82, 2.24) is 4.57 Å². The summed E-state index contributed by atoms with van der Waals surface area (Å²) in [7, 11) is -0.507. The summed E-state index contributed by atoms with van der Waals surface area (Å²) in [6.45, 7) is 7.71. The van der Waals surface area contributed by atoms with Crippen molar-refractivity contribution in [2.24, 2.45) is 7.05 Å². The Bertz CT molecular complexity index is 1150. The second-order valence-electron chi connectivity index (χ2n) is 9.86. The quantitative estimate of drug-likeness (QED) is 0.370. The molecule has 0 radical (unpaired) electrons. The van der Waals surface area contributed by atoms with Crippen molar-refractivity contribution < 1.29 is 9.53 Å². The van der Waals surface area contributed by atoms with Gasteiger partial charge in [-0.05, 0) is 45.4 Å². The van der Waals surface area contributed by atoms with E-state index in [0.29, 0.717) is 6.61 Å². The lowest BCUT2D eigenvalue weighted by Crippen LogP contribution is -2.66. The summed E-state index contributed by atoms with van der Waals surface area (Å²) < 4.78 is 9.40. The highest BCUT2D eigenvalue weighted by Gasteiger charge is 2.50. The Morgan fingerprint density at radius 1 is 0.818 bits per heavy atom. The normalized spacial score (nSPS) is 12.4. The topological polar surface area (TPSA) is 34.4 Å². The summed E-state index contributed by atoms with van der Waals surface area (Å²) in [6.07, 6.45) is 3.83. The maximum Gasteiger partial charge on any atom is 0.261 e. The van der Waals surface area contributed by atoms with Gasteiger partial charge in [0, 0.05) is 30.8 Å². The molecule has 0 aliphatic rings. The fourth-order valence-corrected chi connectivity index (χ4v) is 9.67. The number of aliphatic hydroxyl groups is 1. The SMILES string of the molecule is Cn1cc(CCCO)c2c(CO[Si](c3ccccc3)(c3ccccc3)C(C)(C)C)cccc21. The number of nitrogens with zero attached hydrogens (tertiary/aromatic N) is 1. The first-order valence-electron chi connectivity index (χ1n) is 11.8. The van der Waals surface area contributed by atoms with E-state index in [4.69, 9.17) is 4.43 Å². The molecule has 3 nitrogen and oxygen atoms in total. The van der Waals surface area contributed by atoms with Crippen LogP contribution in [-0.4, -0.2) is 24.6 Å². The van der Waals surface area contributed by atoms with Gasteiger partial charge in [0.1, 0.15) is 0 Å². The van der Waals surface area contributed by atoms with Crippen LogP contribution in [0.1, 0.15) is 38.3 Å². The summed E-state index contributed by atoms with van der Waals surface area (Å²) in [4.78, 5) is 0. The fourth-order valence-electron chi connectivity index (χ4n) is 5.15. The van der Waals surface area contributed by atoms with E-state index < -0.39 is 8.32 Å². The molecular formula is C29H35NO2Si. The Labute approximate surface area is 198 Å². The predicted molar refractivity (Wildman–Crippen MR) is 141 cm³/mol. The van der Waals surface area contributed by atoms with Crippen molar-refractivity contribution in [1.29, 1.82) is 0 Å². The van der Waals surface area contributed by atoms with E-state index >= 15 is 0 Å². The smallest absolute Gasteiger partial charge is 0.261 e. The molecule has 0 unspecified atom stereocenters. The highest BCUT2D eigenvalue weighted by Crippen LogP contribution is 2.38. The Balaban J connectivity index is 1.83. The molecule has 0 atom stereocenters. The van der Waals surface area contributed by atoms with Gasteiger partial charge in [-0.2, -0.15) is 0 Å². The predicted octanol–water partition coefficient (Wildman–Crippen LogP) is 5.18. The number of fused-ring (bicyclic) bond motifs is 1. The van der Waals surface area contributed by atoms with Gasteiger partial charge in [-0.25, -0.2) is 0 Å². The zero-order valence-corrected chi connectivity index (χ0v) is 21.2. The molecule has 1 heterocycles. The summed E-state index contributed by atoms with van der Waals surface area (Å²) >= 11 is 0. The number of aromatic nitrogens is 1. The Kier molecular flexibility index (Phi) is 6.89. The first kappa shape index (κ1) is 23.5. The molecular weight excluding hydrogens is 422 g/mol. The van der Waals surface area contributed by atoms with Gasteiger partial charge in [-0.3, -0.25) is 0 Å². The van der Waals surface area contributed by atoms with E-state index in [2.05, 4.69) is 117 Å². The molecule has 0 spiro atoms. The Morgan fingerprint density at radius 2 is 1.42 bits per heavy atom. The molecule has 4 heteroatoms. The Morgan fingerprint density at radius 3 is 1.97 bits per heavy atom. The maximum atomic E-state index is 9.40. The van der Waals surface area contributed by atoms with E-state index in [-0.39, 0.29) is 11.6 Å². The zero-order chi connectivity index (χ0) is 23.5. The average Bonchev–Trinajstić information content (AvgIpc) is 3.15. The van der Waals surface area contributed by atoms with Crippen LogP contribution in [0.4, 0.5) is 0 Å². The summed E-state index contributed by atoms with van der Waals surface area (Å²) in [5.74, 6) is 0. The first-order valence-corrected chi connectivity index (χ1v) is 13.7. The highest BCUT2D eigenvalue weighted by atomic mass is 28.4. The van der Waals surface area contributed by atoms with Gasteiger partial charge in [0.05, 0.1) is 6.61 Å². The monoisotopic (exact) mass is 457 g/mol. The van der Waals surface area contributed by atoms with Gasteiger partial charge in [0.2, 0.25) is 0 Å². The number of aliphatic hydroxyl groups excluding tert-OH is 1. The third kappa shape index (κ3) is 4.43. The Hall–Kier alpha value is -2.66. The van der Waals surface area contributed by atoms with Crippen molar-refractivity contribution in [2.75, 3.05) is 6.61 Å². The van der Waals surface area contributed by atoms with E-state index in [9.17, 15) is 5.11 Å². The van der Waals surface area contributed by atoms with Crippen LogP contribution in [-0.2, 0) is 24.5 Å². The number of hydrogen-bond donors (Lipinski definition) is 1. The molecule has 0 aliphatic heterocycles. The summed E-state index contributed by atoms with van der Waals surface area (Å²) in [6, 6.07) is 28.1.